The number of H-pyrrole nitrogens is 1. The monoisotopic (exact) mass is 518 g/mol. The molecule has 168 valence electrons. The molecule has 2 amide bonds. The Kier molecular flexibility index (Phi) is 7.78. The van der Waals surface area contributed by atoms with E-state index in [0.717, 1.165) is 37.4 Å². The molecule has 11 heteroatoms. The number of nitrogens with two attached hydrogens (primary N) is 1. The van der Waals surface area contributed by atoms with E-state index < -0.39 is 0 Å². The molecule has 2 aromatic heterocycles. The lowest BCUT2D eigenvalue weighted by atomic mass is 10.2. The fourth-order valence-electron chi connectivity index (χ4n) is 3.46. The van der Waals surface area contributed by atoms with Gasteiger partial charge < -0.3 is 20.9 Å². The number of hydrogen-bond acceptors (Lipinski definition) is 7. The number of amides is 2. The first-order chi connectivity index (χ1) is 15.0. The second kappa shape index (κ2) is 10.5. The van der Waals surface area contributed by atoms with Gasteiger partial charge in [0.05, 0.1) is 17.9 Å². The number of nitrogens with one attached hydrogen (secondary N) is 2. The van der Waals surface area contributed by atoms with Gasteiger partial charge in [-0.25, -0.2) is 4.98 Å². The number of halogens is 1. The van der Waals surface area contributed by atoms with Crippen LogP contribution in [0.3, 0.4) is 0 Å². The molecule has 1 saturated heterocycles. The van der Waals surface area contributed by atoms with Gasteiger partial charge in [-0.3, -0.25) is 19.3 Å². The highest BCUT2D eigenvalue weighted by Gasteiger charge is 2.21. The zero-order valence-corrected chi connectivity index (χ0v) is 19.6. The van der Waals surface area contributed by atoms with Crippen LogP contribution in [0.5, 0.6) is 0 Å². The number of aromatic amines is 1. The van der Waals surface area contributed by atoms with Crippen molar-refractivity contribution < 1.29 is 9.59 Å². The summed E-state index contributed by atoms with van der Waals surface area (Å²) in [6.45, 7) is 3.16. The number of benzene rings is 1. The van der Waals surface area contributed by atoms with Crippen molar-refractivity contribution in [3.05, 3.63) is 64.0 Å². The lowest BCUT2D eigenvalue weighted by Crippen LogP contribution is -2.49. The van der Waals surface area contributed by atoms with E-state index in [-0.39, 0.29) is 40.9 Å². The number of para-hydroxylation sites is 2. The molecule has 4 N–H and O–H groups in total. The molecular weight excluding hydrogens is 496 g/mol. The summed E-state index contributed by atoms with van der Waals surface area (Å²) in [5.74, 6) is -0.627. The number of rotatable bonds is 6. The average molecular weight is 519 g/mol. The van der Waals surface area contributed by atoms with Crippen molar-refractivity contribution in [1.82, 2.24) is 14.9 Å². The summed E-state index contributed by atoms with van der Waals surface area (Å²) in [4.78, 5) is 46.4. The largest absolute Gasteiger partial charge is 0.369 e. The molecule has 0 aliphatic carbocycles. The maximum atomic E-state index is 12.8. The fraction of sp³-hybridized carbons (Fsp3) is 0.238. The molecule has 3 aromatic rings. The molecule has 0 bridgehead atoms. The van der Waals surface area contributed by atoms with Gasteiger partial charge in [0, 0.05) is 49.4 Å². The van der Waals surface area contributed by atoms with Gasteiger partial charge in [-0.15, -0.1) is 28.3 Å². The van der Waals surface area contributed by atoms with Crippen molar-refractivity contribution in [2.24, 2.45) is 5.73 Å². The maximum Gasteiger partial charge on any atom is 0.275 e. The van der Waals surface area contributed by atoms with Crippen molar-refractivity contribution in [3.63, 3.8) is 0 Å². The van der Waals surface area contributed by atoms with E-state index in [4.69, 9.17) is 5.73 Å². The number of carbonyl (C=O) groups is 2. The Morgan fingerprint density at radius 1 is 1.12 bits per heavy atom. The van der Waals surface area contributed by atoms with Gasteiger partial charge in [-0.05, 0) is 18.2 Å². The first kappa shape index (κ1) is 23.6. The number of thiazole rings is 1. The molecule has 1 aliphatic rings. The Labute approximate surface area is 199 Å². The normalized spacial score (nSPS) is 13.9. The summed E-state index contributed by atoms with van der Waals surface area (Å²) in [5, 5.41) is 5.31. The van der Waals surface area contributed by atoms with Gasteiger partial charge in [-0.1, -0.05) is 12.1 Å². The molecule has 0 radical (unpaired) electrons. The van der Waals surface area contributed by atoms with Gasteiger partial charge in [-0.2, -0.15) is 0 Å². The van der Waals surface area contributed by atoms with Crippen LogP contribution < -0.4 is 21.5 Å². The number of pyridine rings is 1. The third kappa shape index (κ3) is 5.61. The van der Waals surface area contributed by atoms with Crippen molar-refractivity contribution in [3.8, 4) is 10.6 Å². The maximum absolute atomic E-state index is 12.8. The molecule has 1 aliphatic heterocycles. The number of aromatic nitrogens is 2. The Balaban J connectivity index is 0.00000289. The van der Waals surface area contributed by atoms with E-state index in [1.54, 1.807) is 17.6 Å². The third-order valence-corrected chi connectivity index (χ3v) is 5.90. The van der Waals surface area contributed by atoms with Crippen LogP contribution in [0.15, 0.2) is 52.8 Å². The van der Waals surface area contributed by atoms with Crippen molar-refractivity contribution in [2.75, 3.05) is 42.9 Å². The topological polar surface area (TPSA) is 124 Å². The van der Waals surface area contributed by atoms with E-state index in [2.05, 4.69) is 20.2 Å². The van der Waals surface area contributed by atoms with Crippen molar-refractivity contribution in [2.45, 2.75) is 0 Å². The Morgan fingerprint density at radius 2 is 1.88 bits per heavy atom. The lowest BCUT2D eigenvalue weighted by Gasteiger charge is -2.36. The van der Waals surface area contributed by atoms with Crippen LogP contribution in [0.2, 0.25) is 0 Å². The fourth-order valence-corrected chi connectivity index (χ4v) is 4.26. The first-order valence-corrected chi connectivity index (χ1v) is 10.7. The van der Waals surface area contributed by atoms with Crippen LogP contribution in [0.25, 0.3) is 10.6 Å². The van der Waals surface area contributed by atoms with E-state index in [9.17, 15) is 14.4 Å². The average Bonchev–Trinajstić information content (AvgIpc) is 3.25. The Hall–Kier alpha value is -3.02. The number of piperazine rings is 1. The van der Waals surface area contributed by atoms with Gasteiger partial charge in [0.1, 0.15) is 10.7 Å². The molecular formula is C21H23BrN6O3S. The molecule has 4 rings (SSSR count). The minimum Gasteiger partial charge on any atom is -0.369 e. The first-order valence-electron chi connectivity index (χ1n) is 9.80. The minimum absolute atomic E-state index is 0. The predicted molar refractivity (Wildman–Crippen MR) is 131 cm³/mol. The smallest absolute Gasteiger partial charge is 0.275 e. The van der Waals surface area contributed by atoms with Gasteiger partial charge >= 0.3 is 0 Å². The molecule has 0 spiro atoms. The summed E-state index contributed by atoms with van der Waals surface area (Å²) in [6, 6.07) is 10.7. The van der Waals surface area contributed by atoms with E-state index in [1.165, 1.54) is 17.4 Å². The summed E-state index contributed by atoms with van der Waals surface area (Å²) >= 11 is 1.34. The number of nitrogens with zero attached hydrogens (tertiary/aromatic N) is 3. The molecule has 0 unspecified atom stereocenters. The standard InChI is InChI=1S/C21H22N6O3S.BrH/c22-18(28)12-26-7-9-27(10-8-26)17-4-2-1-3-15(17)24-20(30)16-13-31-21(25-16)14-5-6-19(29)23-11-14;/h1-6,11,13H,7-10,12H2,(H2,22,28)(H,23,29)(H,24,30);1H. The number of primary amides is 1. The Morgan fingerprint density at radius 3 is 2.56 bits per heavy atom. The number of anilines is 2. The summed E-state index contributed by atoms with van der Waals surface area (Å²) in [7, 11) is 0. The van der Waals surface area contributed by atoms with Gasteiger partial charge in [0.25, 0.3) is 5.91 Å². The van der Waals surface area contributed by atoms with Crippen LogP contribution in [-0.2, 0) is 4.79 Å². The molecule has 1 aromatic carbocycles. The van der Waals surface area contributed by atoms with Crippen molar-refractivity contribution in [1.29, 1.82) is 0 Å². The van der Waals surface area contributed by atoms with E-state index in [1.807, 2.05) is 29.2 Å². The summed E-state index contributed by atoms with van der Waals surface area (Å²) in [6.07, 6.45) is 1.58. The second-order valence-corrected chi connectivity index (χ2v) is 8.04. The highest BCUT2D eigenvalue weighted by molar-refractivity contribution is 8.93. The number of hydrogen-bond donors (Lipinski definition) is 3. The zero-order chi connectivity index (χ0) is 21.8. The Bertz CT molecular complexity index is 1140. The zero-order valence-electron chi connectivity index (χ0n) is 17.1. The highest BCUT2D eigenvalue weighted by Crippen LogP contribution is 2.28. The number of carbonyl (C=O) groups excluding carboxylic acids is 2. The minimum atomic E-state index is -0.328. The SMILES string of the molecule is Br.NC(=O)CN1CCN(c2ccccc2NC(=O)c2csc(-c3ccc(=O)[nH]c3)n2)CC1. The van der Waals surface area contributed by atoms with Gasteiger partial charge in [0.2, 0.25) is 11.5 Å². The predicted octanol–water partition coefficient (Wildman–Crippen LogP) is 1.94. The third-order valence-electron chi connectivity index (χ3n) is 5.01. The van der Waals surface area contributed by atoms with Crippen LogP contribution in [0, 0.1) is 0 Å². The van der Waals surface area contributed by atoms with Crippen LogP contribution in [0.4, 0.5) is 11.4 Å². The molecule has 0 atom stereocenters. The summed E-state index contributed by atoms with van der Waals surface area (Å²) < 4.78 is 0. The van der Waals surface area contributed by atoms with Crippen LogP contribution in [-0.4, -0.2) is 59.4 Å². The molecule has 3 heterocycles. The second-order valence-electron chi connectivity index (χ2n) is 7.18. The van der Waals surface area contributed by atoms with E-state index >= 15 is 0 Å². The molecule has 32 heavy (non-hydrogen) atoms. The van der Waals surface area contributed by atoms with Crippen molar-refractivity contribution >= 4 is 51.5 Å². The molecule has 1 fully saturated rings. The van der Waals surface area contributed by atoms with Crippen LogP contribution >= 0.6 is 28.3 Å². The summed E-state index contributed by atoms with van der Waals surface area (Å²) in [5.41, 5.74) is 7.78. The molecule has 9 nitrogen and oxygen atoms in total. The molecule has 0 saturated carbocycles. The van der Waals surface area contributed by atoms with Gasteiger partial charge in [0.15, 0.2) is 0 Å². The highest BCUT2D eigenvalue weighted by atomic mass is 79.9. The van der Waals surface area contributed by atoms with Crippen LogP contribution in [0.1, 0.15) is 10.5 Å². The quantitative estimate of drug-likeness (QED) is 0.457. The van der Waals surface area contributed by atoms with E-state index in [0.29, 0.717) is 16.4 Å². The lowest BCUT2D eigenvalue weighted by molar-refractivity contribution is -0.119.